The van der Waals surface area contributed by atoms with Gasteiger partial charge in [0.1, 0.15) is 12.6 Å². The molecule has 0 fully saturated rings. The molecule has 2 amide bonds. The van der Waals surface area contributed by atoms with Crippen molar-refractivity contribution in [2.45, 2.75) is 52.2 Å². The van der Waals surface area contributed by atoms with E-state index < -0.39 is 40.0 Å². The van der Waals surface area contributed by atoms with Crippen LogP contribution in [0.3, 0.4) is 0 Å². The number of anilines is 1. The Morgan fingerprint density at radius 3 is 2.05 bits per heavy atom. The maximum atomic E-state index is 14.2. The molecule has 0 aliphatic carbocycles. The fraction of sp³-hybridized carbons (Fsp3) is 0.323. The van der Waals surface area contributed by atoms with Crippen LogP contribution in [0.1, 0.15) is 49.2 Å². The first-order valence-corrected chi connectivity index (χ1v) is 15.8. The summed E-state index contributed by atoms with van der Waals surface area (Å²) >= 11 is 13.0. The molecule has 8 nitrogen and oxygen atoms in total. The highest BCUT2D eigenvalue weighted by Gasteiger charge is 2.35. The zero-order chi connectivity index (χ0) is 31.2. The van der Waals surface area contributed by atoms with Crippen LogP contribution in [0, 0.1) is 0 Å². The number of benzene rings is 3. The number of nitrogens with zero attached hydrogens (tertiary/aromatic N) is 2. The lowest BCUT2D eigenvalue weighted by Gasteiger charge is -2.35. The number of ketones is 1. The van der Waals surface area contributed by atoms with Crippen LogP contribution in [-0.4, -0.2) is 55.3 Å². The Balaban J connectivity index is 2.14. The van der Waals surface area contributed by atoms with Crippen molar-refractivity contribution >= 4 is 56.5 Å². The molecule has 1 N–H and O–H groups in total. The number of sulfonamides is 1. The first-order chi connectivity index (χ1) is 19.6. The highest BCUT2D eigenvalue weighted by Crippen LogP contribution is 2.28. The predicted octanol–water partition coefficient (Wildman–Crippen LogP) is 5.52. The molecular weight excluding hydrogens is 597 g/mol. The standard InChI is InChI=1S/C31H35Cl2N3O5S/c1-21(37)23-13-9-14-24(18-23)36(42(5,40)41)20-29(38)35(19-25-26(32)15-10-16-27(25)33)28(30(39)34-31(2,3)4)17-22-11-7-6-8-12-22/h6-16,18,28H,17,19-20H2,1-5H3,(H,34,39)/t28-/m1/s1. The Kier molecular flexibility index (Phi) is 10.8. The second-order valence-corrected chi connectivity index (χ2v) is 13.8. The lowest BCUT2D eigenvalue weighted by Crippen LogP contribution is -2.56. The van der Waals surface area contributed by atoms with Gasteiger partial charge < -0.3 is 10.2 Å². The van der Waals surface area contributed by atoms with E-state index in [1.165, 1.54) is 24.0 Å². The molecule has 0 aromatic heterocycles. The van der Waals surface area contributed by atoms with Crippen molar-refractivity contribution < 1.29 is 22.8 Å². The van der Waals surface area contributed by atoms with Crippen LogP contribution in [0.2, 0.25) is 10.0 Å². The van der Waals surface area contributed by atoms with E-state index >= 15 is 0 Å². The molecule has 42 heavy (non-hydrogen) atoms. The zero-order valence-electron chi connectivity index (χ0n) is 24.2. The summed E-state index contributed by atoms with van der Waals surface area (Å²) < 4.78 is 26.9. The van der Waals surface area contributed by atoms with Crippen molar-refractivity contribution in [3.63, 3.8) is 0 Å². The SMILES string of the molecule is CC(=O)c1cccc(N(CC(=O)N(Cc2c(Cl)cccc2Cl)[C@H](Cc2ccccc2)C(=O)NC(C)(C)C)S(C)(=O)=O)c1. The number of carbonyl (C=O) groups is 3. The molecule has 11 heteroatoms. The van der Waals surface area contributed by atoms with Gasteiger partial charge in [0.05, 0.1) is 11.9 Å². The van der Waals surface area contributed by atoms with E-state index in [4.69, 9.17) is 23.2 Å². The summed E-state index contributed by atoms with van der Waals surface area (Å²) in [5, 5.41) is 3.55. The largest absolute Gasteiger partial charge is 0.350 e. The number of rotatable bonds is 11. The van der Waals surface area contributed by atoms with Crippen LogP contribution in [0.25, 0.3) is 0 Å². The Labute approximate surface area is 257 Å². The Morgan fingerprint density at radius 2 is 1.50 bits per heavy atom. The van der Waals surface area contributed by atoms with E-state index in [2.05, 4.69) is 5.32 Å². The second-order valence-electron chi connectivity index (χ2n) is 11.0. The Hall–Kier alpha value is -3.40. The maximum absolute atomic E-state index is 14.2. The van der Waals surface area contributed by atoms with Gasteiger partial charge in [0.2, 0.25) is 21.8 Å². The number of nitrogens with one attached hydrogen (secondary N) is 1. The molecule has 1 atom stereocenters. The van der Waals surface area contributed by atoms with Crippen molar-refractivity contribution in [2.24, 2.45) is 0 Å². The normalized spacial score (nSPS) is 12.4. The molecule has 0 unspecified atom stereocenters. The molecule has 3 aromatic carbocycles. The van der Waals surface area contributed by atoms with E-state index in [9.17, 15) is 22.8 Å². The topological polar surface area (TPSA) is 104 Å². The van der Waals surface area contributed by atoms with Crippen LogP contribution in [0.5, 0.6) is 0 Å². The minimum absolute atomic E-state index is 0.146. The fourth-order valence-corrected chi connectivity index (χ4v) is 5.71. The molecule has 0 spiro atoms. The van der Waals surface area contributed by atoms with E-state index in [0.717, 1.165) is 16.1 Å². The molecule has 0 bridgehead atoms. The van der Waals surface area contributed by atoms with E-state index in [0.29, 0.717) is 21.2 Å². The third kappa shape index (κ3) is 9.05. The van der Waals surface area contributed by atoms with Gasteiger partial charge in [-0.1, -0.05) is 71.7 Å². The van der Waals surface area contributed by atoms with Crippen LogP contribution >= 0.6 is 23.2 Å². The lowest BCUT2D eigenvalue weighted by molar-refractivity contribution is -0.140. The van der Waals surface area contributed by atoms with Gasteiger partial charge in [-0.15, -0.1) is 0 Å². The number of hydrogen-bond acceptors (Lipinski definition) is 5. The molecule has 0 saturated heterocycles. The van der Waals surface area contributed by atoms with Gasteiger partial charge in [-0.05, 0) is 57.5 Å². The molecule has 0 heterocycles. The molecule has 3 aromatic rings. The second kappa shape index (κ2) is 13.7. The minimum atomic E-state index is -3.99. The van der Waals surface area contributed by atoms with E-state index in [1.807, 2.05) is 51.1 Å². The molecule has 0 aliphatic heterocycles. The van der Waals surface area contributed by atoms with E-state index in [-0.39, 0.29) is 24.4 Å². The number of halogens is 2. The number of hydrogen-bond donors (Lipinski definition) is 1. The predicted molar refractivity (Wildman–Crippen MR) is 167 cm³/mol. The lowest BCUT2D eigenvalue weighted by atomic mass is 10.0. The molecule has 0 saturated carbocycles. The van der Waals surface area contributed by atoms with Crippen LogP contribution in [0.4, 0.5) is 5.69 Å². The highest BCUT2D eigenvalue weighted by atomic mass is 35.5. The Morgan fingerprint density at radius 1 is 0.905 bits per heavy atom. The minimum Gasteiger partial charge on any atom is -0.350 e. The van der Waals surface area contributed by atoms with Gasteiger partial charge in [0.15, 0.2) is 5.78 Å². The summed E-state index contributed by atoms with van der Waals surface area (Å²) in [6, 6.07) is 19.1. The van der Waals surface area contributed by atoms with Crippen LogP contribution in [-0.2, 0) is 32.6 Å². The molecule has 0 radical (unpaired) electrons. The van der Waals surface area contributed by atoms with Gasteiger partial charge in [-0.25, -0.2) is 8.42 Å². The van der Waals surface area contributed by atoms with Gasteiger partial charge in [0.25, 0.3) is 0 Å². The average Bonchev–Trinajstić information content (AvgIpc) is 2.89. The fourth-order valence-electron chi connectivity index (χ4n) is 4.35. The zero-order valence-corrected chi connectivity index (χ0v) is 26.6. The van der Waals surface area contributed by atoms with Crippen LogP contribution in [0.15, 0.2) is 72.8 Å². The third-order valence-corrected chi connectivity index (χ3v) is 8.23. The average molecular weight is 633 g/mol. The number of Topliss-reactive ketones (excluding diaryl/α,β-unsaturated/α-hetero) is 1. The van der Waals surface area contributed by atoms with Gasteiger partial charge >= 0.3 is 0 Å². The monoisotopic (exact) mass is 631 g/mol. The first-order valence-electron chi connectivity index (χ1n) is 13.2. The first kappa shape index (κ1) is 33.1. The summed E-state index contributed by atoms with van der Waals surface area (Å²) in [6.07, 6.45) is 1.12. The number of carbonyl (C=O) groups excluding carboxylic acids is 3. The Bertz CT molecular complexity index is 1540. The van der Waals surface area contributed by atoms with Gasteiger partial charge in [0, 0.05) is 39.7 Å². The summed E-state index contributed by atoms with van der Waals surface area (Å²) in [5.41, 5.74) is 1.03. The summed E-state index contributed by atoms with van der Waals surface area (Å²) in [6.45, 7) is 6.07. The smallest absolute Gasteiger partial charge is 0.244 e. The van der Waals surface area contributed by atoms with Crippen LogP contribution < -0.4 is 9.62 Å². The van der Waals surface area contributed by atoms with Crippen molar-refractivity contribution in [1.29, 1.82) is 0 Å². The quantitative estimate of drug-likeness (QED) is 0.281. The molecule has 224 valence electrons. The van der Waals surface area contributed by atoms with Crippen molar-refractivity contribution in [3.8, 4) is 0 Å². The summed E-state index contributed by atoms with van der Waals surface area (Å²) in [5.74, 6) is -1.34. The summed E-state index contributed by atoms with van der Waals surface area (Å²) in [7, 11) is -3.99. The molecular formula is C31H35Cl2N3O5S. The van der Waals surface area contributed by atoms with Crippen molar-refractivity contribution in [3.05, 3.63) is 99.5 Å². The molecule has 0 aliphatic rings. The van der Waals surface area contributed by atoms with Gasteiger partial charge in [-0.3, -0.25) is 18.7 Å². The number of amides is 2. The van der Waals surface area contributed by atoms with Gasteiger partial charge in [-0.2, -0.15) is 0 Å². The summed E-state index contributed by atoms with van der Waals surface area (Å²) in [4.78, 5) is 41.3. The van der Waals surface area contributed by atoms with Crippen molar-refractivity contribution in [1.82, 2.24) is 10.2 Å². The van der Waals surface area contributed by atoms with E-state index in [1.54, 1.807) is 30.3 Å². The third-order valence-electron chi connectivity index (χ3n) is 6.38. The highest BCUT2D eigenvalue weighted by molar-refractivity contribution is 7.92. The van der Waals surface area contributed by atoms with Crippen molar-refractivity contribution in [2.75, 3.05) is 17.1 Å². The molecule has 3 rings (SSSR count). The maximum Gasteiger partial charge on any atom is 0.244 e.